The van der Waals surface area contributed by atoms with Gasteiger partial charge in [-0.05, 0) is 12.7 Å². The molecular weight excluding hydrogens is 197 g/mol. The summed E-state index contributed by atoms with van der Waals surface area (Å²) in [6.45, 7) is 1.28. The zero-order valence-electron chi connectivity index (χ0n) is 7.81. The van der Waals surface area contributed by atoms with Crippen LogP contribution >= 0.6 is 0 Å². The molecule has 0 fully saturated rings. The Kier molecular flexibility index (Phi) is 4.76. The van der Waals surface area contributed by atoms with Gasteiger partial charge in [-0.15, -0.1) is 0 Å². The fourth-order valence-electron chi connectivity index (χ4n) is 0.879. The Balaban J connectivity index is 0.00000169. The number of benzene rings is 1. The topological polar surface area (TPSA) is 83.3 Å². The second-order valence-electron chi connectivity index (χ2n) is 2.50. The Morgan fingerprint density at radius 2 is 2.00 bits per heavy atom. The van der Waals surface area contributed by atoms with Gasteiger partial charge in [0.2, 0.25) is 0 Å². The molecule has 0 heterocycles. The van der Waals surface area contributed by atoms with E-state index in [-0.39, 0.29) is 40.9 Å². The minimum absolute atomic E-state index is 0. The van der Waals surface area contributed by atoms with Gasteiger partial charge in [0, 0.05) is 11.6 Å². The summed E-state index contributed by atoms with van der Waals surface area (Å²) in [6.07, 6.45) is 0. The number of nitrogens with zero attached hydrogens (tertiary/aromatic N) is 1. The maximum atomic E-state index is 10.9. The molecule has 0 aromatic heterocycles. The van der Waals surface area contributed by atoms with Crippen molar-refractivity contribution in [3.63, 3.8) is 0 Å². The van der Waals surface area contributed by atoms with Gasteiger partial charge in [0.1, 0.15) is 0 Å². The van der Waals surface area contributed by atoms with E-state index >= 15 is 0 Å². The van der Waals surface area contributed by atoms with Crippen LogP contribution in [0.2, 0.25) is 0 Å². The first-order valence-electron chi connectivity index (χ1n) is 3.49. The molecule has 0 saturated heterocycles. The van der Waals surface area contributed by atoms with Gasteiger partial charge in [-0.1, -0.05) is 12.1 Å². The van der Waals surface area contributed by atoms with E-state index in [0.29, 0.717) is 0 Å². The zero-order chi connectivity index (χ0) is 10.0. The molecule has 0 spiro atoms. The van der Waals surface area contributed by atoms with E-state index in [2.05, 4.69) is 0 Å². The predicted octanol–water partition coefficient (Wildman–Crippen LogP) is -2.12. The first kappa shape index (κ1) is 13.1. The van der Waals surface area contributed by atoms with Crippen molar-refractivity contribution < 1.29 is 44.4 Å². The summed E-state index contributed by atoms with van der Waals surface area (Å²) in [5.41, 5.74) is -0.390. The minimum Gasteiger partial charge on any atom is -0.868 e. The van der Waals surface area contributed by atoms with Crippen molar-refractivity contribution in [1.82, 2.24) is 0 Å². The maximum absolute atomic E-state index is 10.9. The van der Waals surface area contributed by atoms with Crippen LogP contribution in [0.25, 0.3) is 0 Å². The predicted molar refractivity (Wildman–Crippen MR) is 42.5 cm³/mol. The number of carbonyl (C=O) groups excluding carboxylic acids is 1. The quantitative estimate of drug-likeness (QED) is 0.238. The third kappa shape index (κ3) is 2.80. The molecule has 1 aromatic carbocycles. The van der Waals surface area contributed by atoms with Crippen LogP contribution in [0.15, 0.2) is 18.2 Å². The number of hydrogen-bond acceptors (Lipinski definition) is 4. The fourth-order valence-corrected chi connectivity index (χ4v) is 0.879. The summed E-state index contributed by atoms with van der Waals surface area (Å²) in [5.74, 6) is -0.988. The van der Waals surface area contributed by atoms with E-state index in [1.54, 1.807) is 0 Å². The average molecular weight is 203 g/mol. The van der Waals surface area contributed by atoms with Gasteiger partial charge in [0.25, 0.3) is 5.69 Å². The first-order chi connectivity index (χ1) is 6.02. The number of Topliss-reactive ketones (excluding diaryl/α,β-unsaturated/α-hetero) is 1. The Morgan fingerprint density at radius 3 is 2.43 bits per heavy atom. The van der Waals surface area contributed by atoms with E-state index in [1.165, 1.54) is 13.0 Å². The van der Waals surface area contributed by atoms with E-state index in [1.807, 2.05) is 0 Å². The van der Waals surface area contributed by atoms with Crippen LogP contribution in [0.5, 0.6) is 5.75 Å². The summed E-state index contributed by atoms with van der Waals surface area (Å²) < 4.78 is 0. The number of nitro benzene ring substituents is 1. The molecule has 1 rings (SSSR count). The van der Waals surface area contributed by atoms with Crippen LogP contribution in [-0.2, 0) is 0 Å². The van der Waals surface area contributed by atoms with E-state index in [0.717, 1.165) is 12.1 Å². The largest absolute Gasteiger partial charge is 1.00 e. The molecule has 0 amide bonds. The molecule has 0 aliphatic heterocycles. The van der Waals surface area contributed by atoms with Gasteiger partial charge in [-0.3, -0.25) is 14.9 Å². The standard InChI is InChI=1S/C8H7NO4.Na/c1-5(10)6-2-3-8(11)7(4-6)9(12)13;/h2-4,11H,1H3;/q;+1/p-1. The molecule has 0 atom stereocenters. The molecule has 0 bridgehead atoms. The molecule has 5 nitrogen and oxygen atoms in total. The summed E-state index contributed by atoms with van der Waals surface area (Å²) in [6, 6.07) is 3.29. The van der Waals surface area contributed by atoms with Crippen LogP contribution in [0, 0.1) is 10.1 Å². The third-order valence-electron chi connectivity index (χ3n) is 1.56. The fraction of sp³-hybridized carbons (Fsp3) is 0.125. The minimum atomic E-state index is -0.797. The molecule has 0 aliphatic rings. The second-order valence-corrected chi connectivity index (χ2v) is 2.50. The Morgan fingerprint density at radius 1 is 1.43 bits per heavy atom. The monoisotopic (exact) mass is 203 g/mol. The average Bonchev–Trinajstić information content (AvgIpc) is 2.04. The van der Waals surface area contributed by atoms with Crippen molar-refractivity contribution in [3.05, 3.63) is 33.9 Å². The SMILES string of the molecule is CC(=O)c1ccc([O-])c([N+](=O)[O-])c1.[Na+]. The number of carbonyl (C=O) groups is 1. The van der Waals surface area contributed by atoms with Crippen LogP contribution < -0.4 is 34.7 Å². The van der Waals surface area contributed by atoms with Crippen LogP contribution in [0.1, 0.15) is 17.3 Å². The summed E-state index contributed by atoms with van der Waals surface area (Å²) in [4.78, 5) is 20.3. The van der Waals surface area contributed by atoms with E-state index < -0.39 is 16.4 Å². The van der Waals surface area contributed by atoms with Crippen LogP contribution in [0.4, 0.5) is 5.69 Å². The molecule has 0 unspecified atom stereocenters. The molecule has 0 saturated carbocycles. The van der Waals surface area contributed by atoms with Crippen molar-refractivity contribution in [2.45, 2.75) is 6.92 Å². The molecule has 1 aromatic rings. The molecular formula is C8H6NNaO4. The van der Waals surface area contributed by atoms with E-state index in [9.17, 15) is 20.0 Å². The van der Waals surface area contributed by atoms with Crippen LogP contribution in [-0.4, -0.2) is 10.7 Å². The van der Waals surface area contributed by atoms with Crippen molar-refractivity contribution in [2.24, 2.45) is 0 Å². The molecule has 0 radical (unpaired) electrons. The maximum Gasteiger partial charge on any atom is 1.00 e. The third-order valence-corrected chi connectivity index (χ3v) is 1.56. The number of ketones is 1. The number of hydrogen-bond donors (Lipinski definition) is 0. The molecule has 14 heavy (non-hydrogen) atoms. The number of nitro groups is 1. The summed E-state index contributed by atoms with van der Waals surface area (Å²) >= 11 is 0. The molecule has 6 heteroatoms. The second kappa shape index (κ2) is 5.09. The van der Waals surface area contributed by atoms with Gasteiger partial charge >= 0.3 is 29.6 Å². The first-order valence-corrected chi connectivity index (χ1v) is 3.49. The molecule has 0 N–H and O–H groups in total. The van der Waals surface area contributed by atoms with Gasteiger partial charge < -0.3 is 5.11 Å². The zero-order valence-corrected chi connectivity index (χ0v) is 9.81. The van der Waals surface area contributed by atoms with Gasteiger partial charge in [0.05, 0.1) is 4.92 Å². The van der Waals surface area contributed by atoms with Crippen molar-refractivity contribution in [1.29, 1.82) is 0 Å². The molecule has 68 valence electrons. The van der Waals surface area contributed by atoms with Crippen molar-refractivity contribution >= 4 is 11.5 Å². The Bertz CT molecular complexity index is 378. The van der Waals surface area contributed by atoms with Gasteiger partial charge in [-0.25, -0.2) is 0 Å². The summed E-state index contributed by atoms with van der Waals surface area (Å²) in [7, 11) is 0. The van der Waals surface area contributed by atoms with Crippen molar-refractivity contribution in [2.75, 3.05) is 0 Å². The van der Waals surface area contributed by atoms with E-state index in [4.69, 9.17) is 0 Å². The van der Waals surface area contributed by atoms with Gasteiger partial charge in [-0.2, -0.15) is 0 Å². The number of rotatable bonds is 2. The normalized spacial score (nSPS) is 8.93. The van der Waals surface area contributed by atoms with Gasteiger partial charge in [0.15, 0.2) is 5.78 Å². The Hall–Kier alpha value is -0.910. The Labute approximate surface area is 102 Å². The van der Waals surface area contributed by atoms with Crippen LogP contribution in [0.3, 0.4) is 0 Å². The molecule has 0 aliphatic carbocycles. The smallest absolute Gasteiger partial charge is 0.868 e. The van der Waals surface area contributed by atoms with Crippen molar-refractivity contribution in [3.8, 4) is 5.75 Å². The summed E-state index contributed by atoms with van der Waals surface area (Å²) in [5, 5.41) is 21.2.